The van der Waals surface area contributed by atoms with Crippen molar-refractivity contribution in [1.29, 1.82) is 0 Å². The number of ether oxygens (including phenoxy) is 1. The second-order valence-corrected chi connectivity index (χ2v) is 5.50. The molecule has 4 nitrogen and oxygen atoms in total. The third kappa shape index (κ3) is 5.47. The smallest absolute Gasteiger partial charge is 0.306 e. The minimum absolute atomic E-state index is 0.264. The average Bonchev–Trinajstić information content (AvgIpc) is 2.51. The predicted octanol–water partition coefficient (Wildman–Crippen LogP) is 3.18. The highest BCUT2D eigenvalue weighted by molar-refractivity contribution is 5.78. The summed E-state index contributed by atoms with van der Waals surface area (Å²) < 4.78 is 18.9. The molecular weight excluding hydrogens is 285 g/mol. The van der Waals surface area contributed by atoms with Crippen molar-refractivity contribution >= 4 is 11.9 Å². The maximum atomic E-state index is 13.4. The molecule has 0 heterocycles. The zero-order valence-electron chi connectivity index (χ0n) is 13.3. The van der Waals surface area contributed by atoms with Crippen LogP contribution in [0.4, 0.5) is 4.39 Å². The Morgan fingerprint density at radius 3 is 2.36 bits per heavy atom. The van der Waals surface area contributed by atoms with Crippen molar-refractivity contribution in [2.24, 2.45) is 5.92 Å². The highest BCUT2D eigenvalue weighted by atomic mass is 19.1. The summed E-state index contributed by atoms with van der Waals surface area (Å²) in [5.74, 6) is -0.930. The number of esters is 1. The number of hydrogen-bond donors (Lipinski definition) is 1. The largest absolute Gasteiger partial charge is 0.455 e. The summed E-state index contributed by atoms with van der Waals surface area (Å²) >= 11 is 0. The standard InChI is InChI=1S/C17H24FNO3/c1-4-8-15(20)22-16(13-9-6-5-7-10-13)14(11-18)19-17(21)12(2)3/h5-7,9-10,12,14,16H,4,8,11H2,1-3H3,(H,19,21)/t14-,16-/m1/s1. The molecular formula is C17H24FNO3. The highest BCUT2D eigenvalue weighted by Gasteiger charge is 2.28. The van der Waals surface area contributed by atoms with Gasteiger partial charge in [0.05, 0.1) is 6.04 Å². The number of alkyl halides is 1. The van der Waals surface area contributed by atoms with E-state index in [4.69, 9.17) is 4.74 Å². The van der Waals surface area contributed by atoms with Gasteiger partial charge in [0.25, 0.3) is 0 Å². The molecule has 0 saturated carbocycles. The Bertz CT molecular complexity index is 476. The molecule has 0 aromatic heterocycles. The first-order chi connectivity index (χ1) is 10.5. The molecule has 1 rings (SSSR count). The van der Waals surface area contributed by atoms with Crippen LogP contribution in [0.5, 0.6) is 0 Å². The van der Waals surface area contributed by atoms with E-state index in [1.807, 2.05) is 13.0 Å². The van der Waals surface area contributed by atoms with Crippen molar-refractivity contribution in [1.82, 2.24) is 5.32 Å². The van der Waals surface area contributed by atoms with Crippen LogP contribution in [0.25, 0.3) is 0 Å². The van der Waals surface area contributed by atoms with Crippen LogP contribution >= 0.6 is 0 Å². The number of carbonyl (C=O) groups is 2. The van der Waals surface area contributed by atoms with E-state index >= 15 is 0 Å². The van der Waals surface area contributed by atoms with Crippen molar-refractivity contribution < 1.29 is 18.7 Å². The third-order valence-corrected chi connectivity index (χ3v) is 3.22. The van der Waals surface area contributed by atoms with Gasteiger partial charge in [0.1, 0.15) is 12.8 Å². The third-order valence-electron chi connectivity index (χ3n) is 3.22. The van der Waals surface area contributed by atoms with E-state index in [1.54, 1.807) is 38.1 Å². The van der Waals surface area contributed by atoms with Crippen LogP contribution in [0.15, 0.2) is 30.3 Å². The highest BCUT2D eigenvalue weighted by Crippen LogP contribution is 2.23. The van der Waals surface area contributed by atoms with Gasteiger partial charge in [-0.1, -0.05) is 51.1 Å². The quantitative estimate of drug-likeness (QED) is 0.750. The van der Waals surface area contributed by atoms with Gasteiger partial charge in [-0.2, -0.15) is 0 Å². The molecule has 122 valence electrons. The topological polar surface area (TPSA) is 55.4 Å². The van der Waals surface area contributed by atoms with Crippen molar-refractivity contribution in [3.05, 3.63) is 35.9 Å². The first-order valence-electron chi connectivity index (χ1n) is 7.60. The predicted molar refractivity (Wildman–Crippen MR) is 82.9 cm³/mol. The number of amides is 1. The lowest BCUT2D eigenvalue weighted by atomic mass is 10.0. The van der Waals surface area contributed by atoms with E-state index in [0.29, 0.717) is 12.0 Å². The van der Waals surface area contributed by atoms with Gasteiger partial charge < -0.3 is 10.1 Å². The lowest BCUT2D eigenvalue weighted by molar-refractivity contribution is -0.152. The van der Waals surface area contributed by atoms with Gasteiger partial charge in [0.15, 0.2) is 0 Å². The summed E-state index contributed by atoms with van der Waals surface area (Å²) in [6.45, 7) is 4.51. The van der Waals surface area contributed by atoms with E-state index in [1.165, 1.54) is 0 Å². The molecule has 1 N–H and O–H groups in total. The summed E-state index contributed by atoms with van der Waals surface area (Å²) in [5, 5.41) is 2.62. The normalized spacial score (nSPS) is 13.5. The van der Waals surface area contributed by atoms with Gasteiger partial charge in [-0.05, 0) is 12.0 Å². The fourth-order valence-electron chi connectivity index (χ4n) is 1.97. The van der Waals surface area contributed by atoms with E-state index in [-0.39, 0.29) is 18.2 Å². The minimum Gasteiger partial charge on any atom is -0.455 e. The Balaban J connectivity index is 2.96. The molecule has 5 heteroatoms. The average molecular weight is 309 g/mol. The minimum atomic E-state index is -0.891. The molecule has 0 fully saturated rings. The second-order valence-electron chi connectivity index (χ2n) is 5.50. The SMILES string of the molecule is CCCC(=O)O[C@H](c1ccccc1)[C@@H](CF)NC(=O)C(C)C. The van der Waals surface area contributed by atoms with Crippen molar-refractivity contribution in [2.45, 2.75) is 45.8 Å². The van der Waals surface area contributed by atoms with Crippen molar-refractivity contribution in [3.8, 4) is 0 Å². The summed E-state index contributed by atoms with van der Waals surface area (Å²) in [4.78, 5) is 23.7. The fraction of sp³-hybridized carbons (Fsp3) is 0.529. The molecule has 0 radical (unpaired) electrons. The van der Waals surface area contributed by atoms with Crippen LogP contribution in [0.3, 0.4) is 0 Å². The Kier molecular flexibility index (Phi) is 7.57. The molecule has 0 aliphatic carbocycles. The van der Waals surface area contributed by atoms with Crippen molar-refractivity contribution in [2.75, 3.05) is 6.67 Å². The first-order valence-corrected chi connectivity index (χ1v) is 7.60. The second kappa shape index (κ2) is 9.18. The van der Waals surface area contributed by atoms with Gasteiger partial charge in [-0.15, -0.1) is 0 Å². The summed E-state index contributed by atoms with van der Waals surface area (Å²) in [7, 11) is 0. The molecule has 22 heavy (non-hydrogen) atoms. The van der Waals surface area contributed by atoms with Crippen LogP contribution in [-0.2, 0) is 14.3 Å². The van der Waals surface area contributed by atoms with Crippen LogP contribution in [0.2, 0.25) is 0 Å². The number of nitrogens with one attached hydrogen (secondary N) is 1. The van der Waals surface area contributed by atoms with Gasteiger partial charge in [0.2, 0.25) is 5.91 Å². The lowest BCUT2D eigenvalue weighted by Gasteiger charge is -2.27. The molecule has 1 aromatic rings. The Labute approximate surface area is 131 Å². The van der Waals surface area contributed by atoms with Gasteiger partial charge >= 0.3 is 5.97 Å². The number of benzene rings is 1. The Morgan fingerprint density at radius 2 is 1.86 bits per heavy atom. The molecule has 0 spiro atoms. The van der Waals surface area contributed by atoms with Gasteiger partial charge in [0, 0.05) is 12.3 Å². The molecule has 0 unspecified atom stereocenters. The molecule has 0 aliphatic heterocycles. The Hall–Kier alpha value is -1.91. The summed E-state index contributed by atoms with van der Waals surface area (Å²) in [6, 6.07) is 8.02. The molecule has 1 amide bonds. The maximum absolute atomic E-state index is 13.4. The van der Waals surface area contributed by atoms with E-state index in [0.717, 1.165) is 0 Å². The van der Waals surface area contributed by atoms with Crippen LogP contribution < -0.4 is 5.32 Å². The molecule has 0 bridgehead atoms. The van der Waals surface area contributed by atoms with E-state index in [9.17, 15) is 14.0 Å². The van der Waals surface area contributed by atoms with E-state index < -0.39 is 24.8 Å². The fourth-order valence-corrected chi connectivity index (χ4v) is 1.97. The van der Waals surface area contributed by atoms with Gasteiger partial charge in [-0.25, -0.2) is 4.39 Å². The Morgan fingerprint density at radius 1 is 1.23 bits per heavy atom. The van der Waals surface area contributed by atoms with Crippen LogP contribution in [0.1, 0.15) is 45.3 Å². The monoisotopic (exact) mass is 309 g/mol. The van der Waals surface area contributed by atoms with Crippen molar-refractivity contribution in [3.63, 3.8) is 0 Å². The maximum Gasteiger partial charge on any atom is 0.306 e. The molecule has 1 aromatic carbocycles. The summed E-state index contributed by atoms with van der Waals surface area (Å²) in [6.07, 6.45) is 0.0902. The summed E-state index contributed by atoms with van der Waals surface area (Å²) in [5.41, 5.74) is 0.665. The number of hydrogen-bond acceptors (Lipinski definition) is 3. The number of carbonyl (C=O) groups excluding carboxylic acids is 2. The zero-order chi connectivity index (χ0) is 16.5. The molecule has 0 saturated heterocycles. The zero-order valence-corrected chi connectivity index (χ0v) is 13.3. The van der Waals surface area contributed by atoms with Crippen LogP contribution in [0, 0.1) is 5.92 Å². The molecule has 0 aliphatic rings. The number of halogens is 1. The van der Waals surface area contributed by atoms with E-state index in [2.05, 4.69) is 5.32 Å². The number of rotatable bonds is 8. The molecule has 2 atom stereocenters. The van der Waals surface area contributed by atoms with Gasteiger partial charge in [-0.3, -0.25) is 9.59 Å². The lowest BCUT2D eigenvalue weighted by Crippen LogP contribution is -2.44. The van der Waals surface area contributed by atoms with Crippen LogP contribution in [-0.4, -0.2) is 24.6 Å². The first kappa shape index (κ1) is 18.1.